The van der Waals surface area contributed by atoms with E-state index in [2.05, 4.69) is 5.32 Å². The van der Waals surface area contributed by atoms with Crippen LogP contribution in [0.5, 0.6) is 0 Å². The minimum Gasteiger partial charge on any atom is -0.381 e. The number of ether oxygens (including phenoxy) is 2. The second kappa shape index (κ2) is 5.99. The van der Waals surface area contributed by atoms with Crippen LogP contribution in [0.1, 0.15) is 38.5 Å². The molecule has 0 aromatic rings. The van der Waals surface area contributed by atoms with Crippen LogP contribution in [-0.2, 0) is 14.3 Å². The summed E-state index contributed by atoms with van der Waals surface area (Å²) in [5.41, 5.74) is 5.04. The molecule has 2 aliphatic rings. The van der Waals surface area contributed by atoms with Crippen LogP contribution >= 0.6 is 0 Å². The summed E-state index contributed by atoms with van der Waals surface area (Å²) >= 11 is 0. The predicted molar refractivity (Wildman–Crippen MR) is 68.2 cm³/mol. The van der Waals surface area contributed by atoms with Gasteiger partial charge in [-0.15, -0.1) is 0 Å². The Morgan fingerprint density at radius 1 is 1.44 bits per heavy atom. The second-order valence-corrected chi connectivity index (χ2v) is 5.40. The van der Waals surface area contributed by atoms with E-state index in [4.69, 9.17) is 15.2 Å². The summed E-state index contributed by atoms with van der Waals surface area (Å²) < 4.78 is 10.9. The average Bonchev–Trinajstić information content (AvgIpc) is 2.90. The number of hydrogen-bond acceptors (Lipinski definition) is 4. The highest BCUT2D eigenvalue weighted by atomic mass is 16.5. The van der Waals surface area contributed by atoms with E-state index in [-0.39, 0.29) is 18.1 Å². The van der Waals surface area contributed by atoms with Gasteiger partial charge in [0.25, 0.3) is 0 Å². The maximum Gasteiger partial charge on any atom is 0.237 e. The predicted octanol–water partition coefficient (Wildman–Crippen LogP) is 0.568. The SMILES string of the molecule is COC1CCC(NCC2CCCO2)(C(N)=O)CC1. The van der Waals surface area contributed by atoms with Crippen molar-refractivity contribution in [2.24, 2.45) is 5.73 Å². The summed E-state index contributed by atoms with van der Waals surface area (Å²) in [5.74, 6) is -0.241. The van der Waals surface area contributed by atoms with E-state index in [1.54, 1.807) is 7.11 Å². The molecule has 18 heavy (non-hydrogen) atoms. The molecule has 1 saturated heterocycles. The number of rotatable bonds is 5. The van der Waals surface area contributed by atoms with Gasteiger partial charge in [0.2, 0.25) is 5.91 Å². The van der Waals surface area contributed by atoms with E-state index >= 15 is 0 Å². The molecule has 5 nitrogen and oxygen atoms in total. The molecule has 0 radical (unpaired) electrons. The zero-order valence-electron chi connectivity index (χ0n) is 11.1. The highest BCUT2D eigenvalue weighted by Gasteiger charge is 2.40. The van der Waals surface area contributed by atoms with Gasteiger partial charge >= 0.3 is 0 Å². The number of primary amides is 1. The number of carbonyl (C=O) groups is 1. The first-order chi connectivity index (χ1) is 8.66. The van der Waals surface area contributed by atoms with Crippen molar-refractivity contribution in [3.63, 3.8) is 0 Å². The van der Waals surface area contributed by atoms with E-state index in [1.807, 2.05) is 0 Å². The van der Waals surface area contributed by atoms with Crippen molar-refractivity contribution in [1.82, 2.24) is 5.32 Å². The van der Waals surface area contributed by atoms with Gasteiger partial charge in [-0.1, -0.05) is 0 Å². The van der Waals surface area contributed by atoms with Crippen molar-refractivity contribution < 1.29 is 14.3 Å². The molecule has 1 atom stereocenters. The Bertz CT molecular complexity index is 282. The Labute approximate surface area is 108 Å². The van der Waals surface area contributed by atoms with Crippen molar-refractivity contribution >= 4 is 5.91 Å². The Morgan fingerprint density at radius 3 is 2.67 bits per heavy atom. The van der Waals surface area contributed by atoms with Crippen molar-refractivity contribution in [3.05, 3.63) is 0 Å². The topological polar surface area (TPSA) is 73.6 Å². The molecule has 3 N–H and O–H groups in total. The largest absolute Gasteiger partial charge is 0.381 e. The fourth-order valence-corrected chi connectivity index (χ4v) is 2.94. The molecule has 0 spiro atoms. The average molecular weight is 256 g/mol. The first-order valence-electron chi connectivity index (χ1n) is 6.85. The molecule has 1 aliphatic carbocycles. The minimum absolute atomic E-state index is 0.237. The van der Waals surface area contributed by atoms with E-state index < -0.39 is 5.54 Å². The van der Waals surface area contributed by atoms with Crippen LogP contribution < -0.4 is 11.1 Å². The van der Waals surface area contributed by atoms with Crippen LogP contribution in [0.4, 0.5) is 0 Å². The van der Waals surface area contributed by atoms with Gasteiger partial charge in [-0.25, -0.2) is 0 Å². The fraction of sp³-hybridized carbons (Fsp3) is 0.923. The Kier molecular flexibility index (Phi) is 4.59. The molecule has 104 valence electrons. The zero-order valence-corrected chi connectivity index (χ0v) is 11.1. The van der Waals surface area contributed by atoms with Crippen molar-refractivity contribution in [1.29, 1.82) is 0 Å². The minimum atomic E-state index is -0.555. The standard InChI is InChI=1S/C13H24N2O3/c1-17-10-4-6-13(7-5-10,12(14)16)15-9-11-3-2-8-18-11/h10-11,15H,2-9H2,1H3,(H2,14,16). The lowest BCUT2D eigenvalue weighted by molar-refractivity contribution is -0.127. The second-order valence-electron chi connectivity index (χ2n) is 5.40. The number of hydrogen-bond donors (Lipinski definition) is 2. The van der Waals surface area contributed by atoms with Gasteiger partial charge < -0.3 is 20.5 Å². The highest BCUT2D eigenvalue weighted by molar-refractivity contribution is 5.84. The van der Waals surface area contributed by atoms with Gasteiger partial charge in [-0.3, -0.25) is 4.79 Å². The van der Waals surface area contributed by atoms with Crippen LogP contribution in [0, 0.1) is 0 Å². The highest BCUT2D eigenvalue weighted by Crippen LogP contribution is 2.30. The number of amides is 1. The fourth-order valence-electron chi connectivity index (χ4n) is 2.94. The molecule has 1 unspecified atom stereocenters. The summed E-state index contributed by atoms with van der Waals surface area (Å²) in [4.78, 5) is 11.8. The molecular weight excluding hydrogens is 232 g/mol. The van der Waals surface area contributed by atoms with E-state index in [0.29, 0.717) is 0 Å². The molecule has 5 heteroatoms. The molecule has 0 bridgehead atoms. The number of nitrogens with two attached hydrogens (primary N) is 1. The monoisotopic (exact) mass is 256 g/mol. The van der Waals surface area contributed by atoms with Crippen LogP contribution in [0.25, 0.3) is 0 Å². The zero-order chi connectivity index (χ0) is 13.0. The van der Waals surface area contributed by atoms with Crippen molar-refractivity contribution in [2.45, 2.75) is 56.3 Å². The van der Waals surface area contributed by atoms with E-state index in [1.165, 1.54) is 0 Å². The lowest BCUT2D eigenvalue weighted by Gasteiger charge is -2.38. The summed E-state index contributed by atoms with van der Waals surface area (Å²) in [5, 5.41) is 3.37. The number of nitrogens with one attached hydrogen (secondary N) is 1. The molecule has 1 amide bonds. The molecule has 1 heterocycles. The van der Waals surface area contributed by atoms with Crippen molar-refractivity contribution in [3.8, 4) is 0 Å². The third-order valence-electron chi connectivity index (χ3n) is 4.28. The third kappa shape index (κ3) is 3.02. The first kappa shape index (κ1) is 13.8. The Balaban J connectivity index is 1.88. The molecule has 2 rings (SSSR count). The van der Waals surface area contributed by atoms with Gasteiger partial charge in [-0.05, 0) is 38.5 Å². The molecule has 1 saturated carbocycles. The van der Waals surface area contributed by atoms with Crippen LogP contribution in [-0.4, -0.2) is 43.9 Å². The molecule has 0 aromatic carbocycles. The maximum absolute atomic E-state index is 11.8. The smallest absolute Gasteiger partial charge is 0.237 e. The maximum atomic E-state index is 11.8. The van der Waals surface area contributed by atoms with Crippen LogP contribution in [0.2, 0.25) is 0 Å². The Hall–Kier alpha value is -0.650. The quantitative estimate of drug-likeness (QED) is 0.754. The summed E-state index contributed by atoms with van der Waals surface area (Å²) in [6.07, 6.45) is 5.98. The number of methoxy groups -OCH3 is 1. The normalized spacial score (nSPS) is 36.7. The third-order valence-corrected chi connectivity index (χ3v) is 4.28. The molecule has 1 aliphatic heterocycles. The summed E-state index contributed by atoms with van der Waals surface area (Å²) in [7, 11) is 1.72. The van der Waals surface area contributed by atoms with E-state index in [9.17, 15) is 4.79 Å². The van der Waals surface area contributed by atoms with Crippen molar-refractivity contribution in [2.75, 3.05) is 20.3 Å². The van der Waals surface area contributed by atoms with Gasteiger partial charge in [0.1, 0.15) is 0 Å². The number of carbonyl (C=O) groups excluding carboxylic acids is 1. The van der Waals surface area contributed by atoms with Crippen LogP contribution in [0.15, 0.2) is 0 Å². The van der Waals surface area contributed by atoms with Gasteiger partial charge in [0, 0.05) is 20.3 Å². The first-order valence-corrected chi connectivity index (χ1v) is 6.85. The van der Waals surface area contributed by atoms with E-state index in [0.717, 1.165) is 51.7 Å². The Morgan fingerprint density at radius 2 is 2.17 bits per heavy atom. The van der Waals surface area contributed by atoms with Gasteiger partial charge in [0.15, 0.2) is 0 Å². The molecule has 2 fully saturated rings. The summed E-state index contributed by atoms with van der Waals surface area (Å²) in [6.45, 7) is 1.56. The van der Waals surface area contributed by atoms with Crippen LogP contribution in [0.3, 0.4) is 0 Å². The summed E-state index contributed by atoms with van der Waals surface area (Å²) in [6, 6.07) is 0. The lowest BCUT2D eigenvalue weighted by atomic mass is 9.79. The lowest BCUT2D eigenvalue weighted by Crippen LogP contribution is -2.59. The molecular formula is C13H24N2O3. The van der Waals surface area contributed by atoms with Gasteiger partial charge in [-0.2, -0.15) is 0 Å². The molecule has 0 aromatic heterocycles. The van der Waals surface area contributed by atoms with Gasteiger partial charge in [0.05, 0.1) is 17.7 Å².